The zero-order valence-electron chi connectivity index (χ0n) is 8.80. The fraction of sp³-hybridized carbons (Fsp3) is 0.538. The fourth-order valence-electron chi connectivity index (χ4n) is 3.24. The highest BCUT2D eigenvalue weighted by Gasteiger charge is 2.55. The monoisotopic (exact) mass is 286 g/mol. The van der Waals surface area contributed by atoms with Crippen LogP contribution in [-0.4, -0.2) is 0 Å². The molecule has 0 spiro atoms. The van der Waals surface area contributed by atoms with E-state index in [-0.39, 0.29) is 16.5 Å². The number of halogens is 3. The minimum Gasteiger partial charge on any atom is -0.207 e. The van der Waals surface area contributed by atoms with Crippen LogP contribution in [0, 0.1) is 29.4 Å². The Balaban J connectivity index is 1.84. The maximum Gasteiger partial charge on any atom is 0.127 e. The van der Waals surface area contributed by atoms with Gasteiger partial charge in [0.1, 0.15) is 11.6 Å². The molecule has 3 atom stereocenters. The fourth-order valence-corrected chi connectivity index (χ4v) is 4.38. The molecule has 0 N–H and O–H groups in total. The van der Waals surface area contributed by atoms with Crippen LogP contribution in [0.15, 0.2) is 18.2 Å². The molecule has 0 saturated heterocycles. The molecular formula is C13H13BrF2. The molecule has 86 valence electrons. The third kappa shape index (κ3) is 1.60. The van der Waals surface area contributed by atoms with E-state index in [9.17, 15) is 8.78 Å². The molecule has 16 heavy (non-hydrogen) atoms. The van der Waals surface area contributed by atoms with Crippen molar-refractivity contribution in [3.05, 3.63) is 35.4 Å². The number of hydrogen-bond donors (Lipinski definition) is 0. The normalized spacial score (nSPS) is 33.6. The van der Waals surface area contributed by atoms with Crippen molar-refractivity contribution >= 4 is 15.9 Å². The molecule has 0 nitrogen and oxygen atoms in total. The van der Waals surface area contributed by atoms with Crippen LogP contribution in [0.25, 0.3) is 0 Å². The van der Waals surface area contributed by atoms with Gasteiger partial charge in [-0.3, -0.25) is 0 Å². The average molecular weight is 287 g/mol. The first-order valence-electron chi connectivity index (χ1n) is 5.77. The van der Waals surface area contributed by atoms with Gasteiger partial charge in [0.15, 0.2) is 0 Å². The van der Waals surface area contributed by atoms with Crippen molar-refractivity contribution in [1.29, 1.82) is 0 Å². The SMILES string of the molecule is Fc1ccc(F)c(C(Br)C2C3CCCC32)c1. The van der Waals surface area contributed by atoms with Gasteiger partial charge >= 0.3 is 0 Å². The molecule has 3 unspecified atom stereocenters. The second-order valence-corrected chi connectivity index (χ2v) is 5.89. The molecule has 2 aliphatic rings. The maximum atomic E-state index is 13.6. The quantitative estimate of drug-likeness (QED) is 0.705. The summed E-state index contributed by atoms with van der Waals surface area (Å²) in [5, 5.41) is 0. The molecule has 0 aromatic heterocycles. The van der Waals surface area contributed by atoms with E-state index in [1.165, 1.54) is 37.5 Å². The van der Waals surface area contributed by atoms with Gasteiger partial charge in [0.05, 0.1) is 0 Å². The van der Waals surface area contributed by atoms with Crippen molar-refractivity contribution in [2.75, 3.05) is 0 Å². The first kappa shape index (κ1) is 10.7. The average Bonchev–Trinajstić information content (AvgIpc) is 2.74. The topological polar surface area (TPSA) is 0 Å². The minimum absolute atomic E-state index is 0.0153. The van der Waals surface area contributed by atoms with Gasteiger partial charge in [-0.05, 0) is 48.8 Å². The molecule has 3 rings (SSSR count). The van der Waals surface area contributed by atoms with Crippen LogP contribution in [0.2, 0.25) is 0 Å². The molecule has 0 amide bonds. The van der Waals surface area contributed by atoms with E-state index in [2.05, 4.69) is 15.9 Å². The number of benzene rings is 1. The molecule has 0 aliphatic heterocycles. The van der Waals surface area contributed by atoms with Crippen molar-refractivity contribution < 1.29 is 8.78 Å². The van der Waals surface area contributed by atoms with Crippen LogP contribution in [0.1, 0.15) is 29.7 Å². The van der Waals surface area contributed by atoms with Gasteiger partial charge in [-0.2, -0.15) is 0 Å². The van der Waals surface area contributed by atoms with Gasteiger partial charge in [-0.25, -0.2) is 8.78 Å². The maximum absolute atomic E-state index is 13.6. The van der Waals surface area contributed by atoms with E-state index in [4.69, 9.17) is 0 Å². The van der Waals surface area contributed by atoms with E-state index < -0.39 is 0 Å². The summed E-state index contributed by atoms with van der Waals surface area (Å²) in [6, 6.07) is 3.71. The Kier molecular flexibility index (Phi) is 2.54. The third-order valence-electron chi connectivity index (χ3n) is 4.07. The summed E-state index contributed by atoms with van der Waals surface area (Å²) < 4.78 is 26.7. The molecule has 0 bridgehead atoms. The zero-order chi connectivity index (χ0) is 11.3. The smallest absolute Gasteiger partial charge is 0.127 e. The lowest BCUT2D eigenvalue weighted by Gasteiger charge is -2.13. The molecule has 2 saturated carbocycles. The Bertz CT molecular complexity index is 408. The Hall–Kier alpha value is -0.440. The predicted molar refractivity (Wildman–Crippen MR) is 62.3 cm³/mol. The van der Waals surface area contributed by atoms with Gasteiger partial charge in [0, 0.05) is 10.4 Å². The lowest BCUT2D eigenvalue weighted by molar-refractivity contribution is 0.544. The largest absolute Gasteiger partial charge is 0.207 e. The van der Waals surface area contributed by atoms with E-state index in [1.807, 2.05) is 0 Å². The summed E-state index contributed by atoms with van der Waals surface area (Å²) in [6.45, 7) is 0. The summed E-state index contributed by atoms with van der Waals surface area (Å²) in [5.74, 6) is 1.35. The van der Waals surface area contributed by atoms with Crippen LogP contribution in [0.3, 0.4) is 0 Å². The molecule has 1 aromatic rings. The molecule has 3 heteroatoms. The van der Waals surface area contributed by atoms with Crippen LogP contribution in [-0.2, 0) is 0 Å². The number of fused-ring (bicyclic) bond motifs is 1. The highest BCUT2D eigenvalue weighted by atomic mass is 79.9. The molecule has 0 radical (unpaired) electrons. The summed E-state index contributed by atoms with van der Waals surface area (Å²) >= 11 is 3.55. The first-order chi connectivity index (χ1) is 7.68. The van der Waals surface area contributed by atoms with Crippen LogP contribution in [0.4, 0.5) is 8.78 Å². The van der Waals surface area contributed by atoms with Gasteiger partial charge in [-0.15, -0.1) is 0 Å². The van der Waals surface area contributed by atoms with Crippen LogP contribution >= 0.6 is 15.9 Å². The van der Waals surface area contributed by atoms with Crippen LogP contribution < -0.4 is 0 Å². The molecular weight excluding hydrogens is 274 g/mol. The standard InChI is InChI=1S/C13H13BrF2/c14-13(12-8-2-1-3-9(8)12)10-6-7(15)4-5-11(10)16/h4-6,8-9,12-13H,1-3H2. The Labute approximate surface area is 102 Å². The second-order valence-electron chi connectivity index (χ2n) is 4.90. The van der Waals surface area contributed by atoms with Gasteiger partial charge in [0.25, 0.3) is 0 Å². The zero-order valence-corrected chi connectivity index (χ0v) is 10.4. The van der Waals surface area contributed by atoms with Crippen molar-refractivity contribution in [2.45, 2.75) is 24.1 Å². The summed E-state index contributed by atoms with van der Waals surface area (Å²) in [7, 11) is 0. The molecule has 2 aliphatic carbocycles. The van der Waals surface area contributed by atoms with Crippen LogP contribution in [0.5, 0.6) is 0 Å². The van der Waals surface area contributed by atoms with E-state index in [0.29, 0.717) is 11.5 Å². The second kappa shape index (κ2) is 3.80. The Morgan fingerprint density at radius 3 is 2.56 bits per heavy atom. The first-order valence-corrected chi connectivity index (χ1v) is 6.69. The minimum atomic E-state index is -0.355. The molecule has 2 fully saturated rings. The summed E-state index contributed by atoms with van der Waals surface area (Å²) in [6.07, 6.45) is 3.82. The predicted octanol–water partition coefficient (Wildman–Crippen LogP) is 4.45. The van der Waals surface area contributed by atoms with E-state index in [0.717, 1.165) is 11.8 Å². The van der Waals surface area contributed by atoms with Gasteiger partial charge < -0.3 is 0 Å². The summed E-state index contributed by atoms with van der Waals surface area (Å²) in [5.41, 5.74) is 0.486. The highest BCUT2D eigenvalue weighted by molar-refractivity contribution is 9.09. The van der Waals surface area contributed by atoms with Gasteiger partial charge in [0.2, 0.25) is 0 Å². The molecule has 1 aromatic carbocycles. The lowest BCUT2D eigenvalue weighted by atomic mass is 10.0. The van der Waals surface area contributed by atoms with E-state index in [1.54, 1.807) is 0 Å². The number of rotatable bonds is 2. The van der Waals surface area contributed by atoms with Crippen molar-refractivity contribution in [2.24, 2.45) is 17.8 Å². The third-order valence-corrected chi connectivity index (χ3v) is 5.17. The Morgan fingerprint density at radius 2 is 1.88 bits per heavy atom. The lowest BCUT2D eigenvalue weighted by Crippen LogP contribution is -2.01. The van der Waals surface area contributed by atoms with Crippen molar-refractivity contribution in [1.82, 2.24) is 0 Å². The number of hydrogen-bond acceptors (Lipinski definition) is 0. The Morgan fingerprint density at radius 1 is 1.19 bits per heavy atom. The highest BCUT2D eigenvalue weighted by Crippen LogP contribution is 2.64. The van der Waals surface area contributed by atoms with Gasteiger partial charge in [-0.1, -0.05) is 22.4 Å². The van der Waals surface area contributed by atoms with E-state index >= 15 is 0 Å². The molecule has 0 heterocycles. The summed E-state index contributed by atoms with van der Waals surface area (Å²) in [4.78, 5) is -0.0153. The van der Waals surface area contributed by atoms with Crippen molar-refractivity contribution in [3.8, 4) is 0 Å². The van der Waals surface area contributed by atoms with Crippen molar-refractivity contribution in [3.63, 3.8) is 0 Å². The number of alkyl halides is 1.